The van der Waals surface area contributed by atoms with Crippen LogP contribution in [0.15, 0.2) is 0 Å². The first-order chi connectivity index (χ1) is 21.9. The summed E-state index contributed by atoms with van der Waals surface area (Å²) in [5, 5.41) is 0. The van der Waals surface area contributed by atoms with E-state index in [2.05, 4.69) is 6.92 Å². The van der Waals surface area contributed by atoms with E-state index in [4.69, 9.17) is 42.6 Å². The molecule has 11 nitrogen and oxygen atoms in total. The molecule has 0 radical (unpaired) electrons. The Hall–Kier alpha value is -1.05. The van der Waals surface area contributed by atoms with Gasteiger partial charge >= 0.3 is 6.09 Å². The highest BCUT2D eigenvalue weighted by Crippen LogP contribution is 2.11. The van der Waals surface area contributed by atoms with E-state index in [1.165, 1.54) is 62.7 Å². The third-order valence-corrected chi connectivity index (χ3v) is 6.52. The van der Waals surface area contributed by atoms with Crippen molar-refractivity contribution in [3.63, 3.8) is 0 Å². The van der Waals surface area contributed by atoms with E-state index in [9.17, 15) is 4.79 Å². The van der Waals surface area contributed by atoms with Gasteiger partial charge in [-0.05, 0) is 27.2 Å². The largest absolute Gasteiger partial charge is 0.444 e. The monoisotopic (exact) mass is 651 g/mol. The zero-order valence-electron chi connectivity index (χ0n) is 29.6. The van der Waals surface area contributed by atoms with Crippen molar-refractivity contribution < 1.29 is 47.4 Å². The van der Waals surface area contributed by atoms with Gasteiger partial charge in [0.15, 0.2) is 0 Å². The van der Waals surface area contributed by atoms with Gasteiger partial charge in [0.05, 0.1) is 99.1 Å². The predicted molar refractivity (Wildman–Crippen MR) is 177 cm³/mol. The van der Waals surface area contributed by atoms with Crippen molar-refractivity contribution in [2.24, 2.45) is 0 Å². The lowest BCUT2D eigenvalue weighted by atomic mass is 10.1. The van der Waals surface area contributed by atoms with Crippen LogP contribution in [-0.2, 0) is 42.6 Å². The van der Waals surface area contributed by atoms with Gasteiger partial charge in [0.1, 0.15) is 5.60 Å². The number of nitrogens with zero attached hydrogens (tertiary/aromatic N) is 1. The Morgan fingerprint density at radius 1 is 0.444 bits per heavy atom. The number of hydrogen-bond donors (Lipinski definition) is 0. The van der Waals surface area contributed by atoms with E-state index in [1.807, 2.05) is 20.8 Å². The highest BCUT2D eigenvalue weighted by molar-refractivity contribution is 5.67. The lowest BCUT2D eigenvalue weighted by molar-refractivity contribution is -0.0236. The van der Waals surface area contributed by atoms with Crippen molar-refractivity contribution in [1.29, 1.82) is 0 Å². The fraction of sp³-hybridized carbons (Fsp3) is 0.971. The summed E-state index contributed by atoms with van der Waals surface area (Å²) in [5.74, 6) is 0. The van der Waals surface area contributed by atoms with Gasteiger partial charge in [-0.15, -0.1) is 0 Å². The van der Waals surface area contributed by atoms with Crippen LogP contribution in [0.1, 0.15) is 91.9 Å². The molecule has 0 spiro atoms. The number of carbonyl (C=O) groups excluding carboxylic acids is 1. The minimum absolute atomic E-state index is 0.357. The standard InChI is InChI=1S/C34H69NO10/c1-6-7-8-9-10-11-12-13-14-15-17-37-19-21-39-23-25-41-27-29-43-31-32-44-30-28-42-26-24-40-22-20-38-18-16-35(5)33(36)45-34(2,3)4/h6-32H2,1-5H3. The van der Waals surface area contributed by atoms with Crippen LogP contribution in [0.25, 0.3) is 0 Å². The maximum Gasteiger partial charge on any atom is 0.410 e. The minimum atomic E-state index is -0.503. The lowest BCUT2D eigenvalue weighted by Crippen LogP contribution is -2.36. The van der Waals surface area contributed by atoms with Gasteiger partial charge in [-0.1, -0.05) is 64.7 Å². The number of unbranched alkanes of at least 4 members (excludes halogenated alkanes) is 9. The van der Waals surface area contributed by atoms with Crippen LogP contribution in [-0.4, -0.2) is 136 Å². The van der Waals surface area contributed by atoms with E-state index in [1.54, 1.807) is 7.05 Å². The molecular formula is C34H69NO10. The summed E-state index contributed by atoms with van der Waals surface area (Å²) < 4.78 is 49.4. The molecule has 0 bridgehead atoms. The van der Waals surface area contributed by atoms with Crippen LogP contribution in [0, 0.1) is 0 Å². The van der Waals surface area contributed by atoms with Gasteiger partial charge in [-0.2, -0.15) is 0 Å². The molecular weight excluding hydrogens is 582 g/mol. The molecule has 0 aromatic rings. The van der Waals surface area contributed by atoms with Gasteiger partial charge in [0.25, 0.3) is 0 Å². The average Bonchev–Trinajstić information content (AvgIpc) is 3.00. The molecule has 0 heterocycles. The van der Waals surface area contributed by atoms with Crippen LogP contribution in [0.3, 0.4) is 0 Å². The van der Waals surface area contributed by atoms with E-state index in [0.717, 1.165) is 13.0 Å². The van der Waals surface area contributed by atoms with Gasteiger partial charge in [-0.25, -0.2) is 4.79 Å². The quantitative estimate of drug-likeness (QED) is 0.0769. The first-order valence-electron chi connectivity index (χ1n) is 17.4. The van der Waals surface area contributed by atoms with Crippen molar-refractivity contribution in [3.8, 4) is 0 Å². The van der Waals surface area contributed by atoms with Crippen molar-refractivity contribution in [1.82, 2.24) is 4.90 Å². The minimum Gasteiger partial charge on any atom is -0.444 e. The van der Waals surface area contributed by atoms with Crippen LogP contribution in [0.2, 0.25) is 0 Å². The molecule has 1 amide bonds. The zero-order chi connectivity index (χ0) is 33.1. The van der Waals surface area contributed by atoms with E-state index in [-0.39, 0.29) is 6.09 Å². The Balaban J connectivity index is 3.14. The number of rotatable bonds is 35. The molecule has 45 heavy (non-hydrogen) atoms. The third-order valence-electron chi connectivity index (χ3n) is 6.52. The summed E-state index contributed by atoms with van der Waals surface area (Å²) in [6.07, 6.45) is 13.0. The summed E-state index contributed by atoms with van der Waals surface area (Å²) in [6, 6.07) is 0. The molecule has 0 aromatic heterocycles. The van der Waals surface area contributed by atoms with Gasteiger partial charge in [-0.3, -0.25) is 0 Å². The van der Waals surface area contributed by atoms with Gasteiger partial charge in [0, 0.05) is 20.2 Å². The van der Waals surface area contributed by atoms with Crippen LogP contribution >= 0.6 is 0 Å². The molecule has 0 fully saturated rings. The molecule has 0 atom stereocenters. The Kier molecular flexibility index (Phi) is 33.5. The second-order valence-electron chi connectivity index (χ2n) is 12.0. The zero-order valence-corrected chi connectivity index (χ0v) is 29.6. The van der Waals surface area contributed by atoms with Crippen LogP contribution < -0.4 is 0 Å². The van der Waals surface area contributed by atoms with E-state index < -0.39 is 5.60 Å². The maximum absolute atomic E-state index is 11.9. The number of amides is 1. The summed E-state index contributed by atoms with van der Waals surface area (Å²) >= 11 is 0. The molecule has 11 heteroatoms. The highest BCUT2D eigenvalue weighted by Gasteiger charge is 2.19. The summed E-state index contributed by atoms with van der Waals surface area (Å²) in [7, 11) is 1.69. The Bertz CT molecular complexity index is 606. The lowest BCUT2D eigenvalue weighted by Gasteiger charge is -2.24. The molecule has 0 aliphatic heterocycles. The van der Waals surface area contributed by atoms with Crippen LogP contribution in [0.5, 0.6) is 0 Å². The third kappa shape index (κ3) is 37.3. The van der Waals surface area contributed by atoms with Crippen LogP contribution in [0.4, 0.5) is 4.79 Å². The summed E-state index contributed by atoms with van der Waals surface area (Å²) in [6.45, 7) is 16.9. The summed E-state index contributed by atoms with van der Waals surface area (Å²) in [5.41, 5.74) is -0.503. The molecule has 0 aromatic carbocycles. The Morgan fingerprint density at radius 2 is 0.733 bits per heavy atom. The van der Waals surface area contributed by atoms with Gasteiger partial charge in [0.2, 0.25) is 0 Å². The molecule has 0 aliphatic carbocycles. The van der Waals surface area contributed by atoms with E-state index >= 15 is 0 Å². The molecule has 0 saturated heterocycles. The normalized spacial score (nSPS) is 11.8. The smallest absolute Gasteiger partial charge is 0.410 e. The second-order valence-corrected chi connectivity index (χ2v) is 12.0. The number of carbonyl (C=O) groups is 1. The SMILES string of the molecule is CCCCCCCCCCCCOCCOCCOCCOCCOCCOCCOCCOCCN(C)C(=O)OC(C)(C)C. The Labute approximate surface area is 275 Å². The van der Waals surface area contributed by atoms with Crippen molar-refractivity contribution in [2.75, 3.05) is 119 Å². The van der Waals surface area contributed by atoms with Gasteiger partial charge < -0.3 is 47.5 Å². The molecule has 0 unspecified atom stereocenters. The first-order valence-corrected chi connectivity index (χ1v) is 17.4. The average molecular weight is 652 g/mol. The number of likely N-dealkylation sites (N-methyl/N-ethyl adjacent to an activating group) is 1. The second kappa shape index (κ2) is 34.3. The highest BCUT2D eigenvalue weighted by atomic mass is 16.6. The van der Waals surface area contributed by atoms with Crippen molar-refractivity contribution >= 4 is 6.09 Å². The topological polar surface area (TPSA) is 103 Å². The first kappa shape index (κ1) is 43.9. The van der Waals surface area contributed by atoms with Crippen molar-refractivity contribution in [2.45, 2.75) is 97.5 Å². The molecule has 270 valence electrons. The fourth-order valence-corrected chi connectivity index (χ4v) is 3.97. The maximum atomic E-state index is 11.9. The molecule has 0 N–H and O–H groups in total. The fourth-order valence-electron chi connectivity index (χ4n) is 3.97. The number of hydrogen-bond acceptors (Lipinski definition) is 10. The Morgan fingerprint density at radius 3 is 1.07 bits per heavy atom. The molecule has 0 saturated carbocycles. The summed E-state index contributed by atoms with van der Waals surface area (Å²) in [4.78, 5) is 13.3. The van der Waals surface area contributed by atoms with Crippen molar-refractivity contribution in [3.05, 3.63) is 0 Å². The number of ether oxygens (including phenoxy) is 9. The molecule has 0 rings (SSSR count). The predicted octanol–water partition coefficient (Wildman–Crippen LogP) is 5.91. The van der Waals surface area contributed by atoms with E-state index in [0.29, 0.717) is 106 Å². The molecule has 0 aliphatic rings.